The molecule has 3 N–H and O–H groups in total. The molecule has 0 bridgehead atoms. The van der Waals surface area contributed by atoms with Gasteiger partial charge in [0.2, 0.25) is 0 Å². The van der Waals surface area contributed by atoms with Crippen LogP contribution in [0.4, 0.5) is 29.3 Å². The Morgan fingerprint density at radius 1 is 1.07 bits per heavy atom. The zero-order chi connectivity index (χ0) is 21.7. The van der Waals surface area contributed by atoms with Crippen molar-refractivity contribution in [2.75, 3.05) is 49.5 Å². The fraction of sp³-hybridized carbons (Fsp3) is 0.409. The molecule has 0 aliphatic carbocycles. The van der Waals surface area contributed by atoms with Crippen LogP contribution in [0.2, 0.25) is 0 Å². The minimum Gasteiger partial charge on any atom is -0.360 e. The number of rotatable bonds is 5. The van der Waals surface area contributed by atoms with Gasteiger partial charge in [0.1, 0.15) is 0 Å². The third-order valence-electron chi connectivity index (χ3n) is 5.58. The van der Waals surface area contributed by atoms with Gasteiger partial charge < -0.3 is 20.4 Å². The van der Waals surface area contributed by atoms with Crippen LogP contribution in [0, 0.1) is 13.8 Å². The fourth-order valence-corrected chi connectivity index (χ4v) is 3.82. The molecule has 1 heterocycles. The number of urea groups is 1. The van der Waals surface area contributed by atoms with Crippen molar-refractivity contribution in [3.05, 3.63) is 59.2 Å². The summed E-state index contributed by atoms with van der Waals surface area (Å²) >= 11 is 0. The maximum Gasteiger partial charge on any atom is 0.416 e. The van der Waals surface area contributed by atoms with Gasteiger partial charge in [0, 0.05) is 11.4 Å². The second-order valence-electron chi connectivity index (χ2n) is 7.63. The molecule has 0 radical (unpaired) electrons. The summed E-state index contributed by atoms with van der Waals surface area (Å²) in [7, 11) is 0. The molecule has 0 spiro atoms. The van der Waals surface area contributed by atoms with Crippen LogP contribution < -0.4 is 20.4 Å². The third kappa shape index (κ3) is 5.44. The lowest BCUT2D eigenvalue weighted by Gasteiger charge is -2.35. The topological polar surface area (TPSA) is 48.8 Å². The predicted molar refractivity (Wildman–Crippen MR) is 112 cm³/mol. The van der Waals surface area contributed by atoms with Crippen molar-refractivity contribution >= 4 is 17.4 Å². The van der Waals surface area contributed by atoms with E-state index in [4.69, 9.17) is 0 Å². The number of hydrogen-bond acceptors (Lipinski definition) is 2. The van der Waals surface area contributed by atoms with Gasteiger partial charge in [-0.15, -0.1) is 0 Å². The molecule has 0 aromatic heterocycles. The first kappa shape index (κ1) is 22.0. The van der Waals surface area contributed by atoms with Gasteiger partial charge in [0.25, 0.3) is 0 Å². The van der Waals surface area contributed by atoms with Crippen LogP contribution in [0.25, 0.3) is 0 Å². The lowest BCUT2D eigenvalue weighted by molar-refractivity contribution is -0.899. The quantitative estimate of drug-likeness (QED) is 0.696. The van der Waals surface area contributed by atoms with E-state index in [1.54, 1.807) is 6.07 Å². The Hall–Kier alpha value is -2.74. The Bertz CT molecular complexity index is 877. The van der Waals surface area contributed by atoms with Crippen LogP contribution in [0.15, 0.2) is 42.5 Å². The monoisotopic (exact) mass is 421 g/mol. The zero-order valence-electron chi connectivity index (χ0n) is 17.3. The summed E-state index contributed by atoms with van der Waals surface area (Å²) in [5.41, 5.74) is 2.15. The van der Waals surface area contributed by atoms with Gasteiger partial charge in [-0.3, -0.25) is 0 Å². The molecule has 5 nitrogen and oxygen atoms in total. The van der Waals surface area contributed by atoms with E-state index in [1.165, 1.54) is 17.9 Å². The predicted octanol–water partition coefficient (Wildman–Crippen LogP) is 2.85. The third-order valence-corrected chi connectivity index (χ3v) is 5.58. The number of benzene rings is 2. The van der Waals surface area contributed by atoms with Gasteiger partial charge in [0.05, 0.1) is 44.8 Å². The van der Waals surface area contributed by atoms with Crippen LogP contribution in [-0.4, -0.2) is 45.3 Å². The molecule has 0 saturated carbocycles. The highest BCUT2D eigenvalue weighted by atomic mass is 19.4. The van der Waals surface area contributed by atoms with Gasteiger partial charge in [-0.05, 0) is 43.2 Å². The molecule has 3 rings (SSSR count). The van der Waals surface area contributed by atoms with E-state index >= 15 is 0 Å². The molecule has 2 amide bonds. The summed E-state index contributed by atoms with van der Waals surface area (Å²) in [5, 5.41) is 5.71. The van der Waals surface area contributed by atoms with Crippen LogP contribution >= 0.6 is 0 Å². The molecule has 1 fully saturated rings. The number of carbonyl (C=O) groups is 1. The number of nitrogens with one attached hydrogen (secondary N) is 3. The number of aryl methyl sites for hydroxylation is 1. The summed E-state index contributed by atoms with van der Waals surface area (Å²) in [4.78, 5) is 15.4. The van der Waals surface area contributed by atoms with E-state index in [1.807, 2.05) is 36.1 Å². The number of hydrogen-bond donors (Lipinski definition) is 3. The molecule has 30 heavy (non-hydrogen) atoms. The van der Waals surface area contributed by atoms with Crippen LogP contribution in [0.5, 0.6) is 0 Å². The molecular formula is C22H28F3N4O+. The van der Waals surface area contributed by atoms with E-state index < -0.39 is 11.7 Å². The number of halogens is 3. The number of para-hydroxylation sites is 1. The highest BCUT2D eigenvalue weighted by Gasteiger charge is 2.34. The van der Waals surface area contributed by atoms with Gasteiger partial charge in [-0.25, -0.2) is 4.79 Å². The molecule has 162 valence electrons. The van der Waals surface area contributed by atoms with Crippen molar-refractivity contribution in [2.24, 2.45) is 0 Å². The van der Waals surface area contributed by atoms with Crippen molar-refractivity contribution < 1.29 is 22.9 Å². The van der Waals surface area contributed by atoms with E-state index in [-0.39, 0.29) is 11.6 Å². The average molecular weight is 421 g/mol. The Kier molecular flexibility index (Phi) is 6.87. The number of amides is 2. The summed E-state index contributed by atoms with van der Waals surface area (Å²) in [5.74, 6) is 0. The minimum atomic E-state index is -4.34. The summed E-state index contributed by atoms with van der Waals surface area (Å²) in [6.45, 7) is 7.79. The normalized spacial score (nSPS) is 15.2. The molecule has 0 unspecified atom stereocenters. The number of alkyl halides is 3. The highest BCUT2D eigenvalue weighted by molar-refractivity contribution is 5.89. The first-order valence-electron chi connectivity index (χ1n) is 10.1. The number of carbonyl (C=O) groups excluding carboxylic acids is 1. The molecule has 8 heteroatoms. The molecule has 2 aromatic carbocycles. The second kappa shape index (κ2) is 9.38. The molecule has 1 aliphatic heterocycles. The van der Waals surface area contributed by atoms with E-state index in [0.29, 0.717) is 25.3 Å². The van der Waals surface area contributed by atoms with Crippen LogP contribution in [0.3, 0.4) is 0 Å². The Labute approximate surface area is 174 Å². The van der Waals surface area contributed by atoms with Crippen molar-refractivity contribution in [2.45, 2.75) is 20.0 Å². The maximum absolute atomic E-state index is 13.2. The average Bonchev–Trinajstić information content (AvgIpc) is 2.70. The largest absolute Gasteiger partial charge is 0.416 e. The van der Waals surface area contributed by atoms with Crippen LogP contribution in [-0.2, 0) is 6.18 Å². The van der Waals surface area contributed by atoms with Gasteiger partial charge >= 0.3 is 12.2 Å². The Morgan fingerprint density at radius 2 is 1.77 bits per heavy atom. The van der Waals surface area contributed by atoms with E-state index in [9.17, 15) is 18.0 Å². The smallest absolute Gasteiger partial charge is 0.360 e. The summed E-state index contributed by atoms with van der Waals surface area (Å²) in [6, 6.07) is 11.7. The Balaban J connectivity index is 1.45. The first-order chi connectivity index (χ1) is 14.3. The minimum absolute atomic E-state index is 0.234. The lowest BCUT2D eigenvalue weighted by atomic mass is 10.0. The molecule has 1 aliphatic rings. The van der Waals surface area contributed by atoms with E-state index in [2.05, 4.69) is 10.6 Å². The van der Waals surface area contributed by atoms with Gasteiger partial charge in [-0.2, -0.15) is 13.2 Å². The molecular weight excluding hydrogens is 393 g/mol. The molecule has 0 atom stereocenters. The lowest BCUT2D eigenvalue weighted by Crippen LogP contribution is -3.15. The highest BCUT2D eigenvalue weighted by Crippen LogP contribution is 2.35. The Morgan fingerprint density at radius 3 is 2.43 bits per heavy atom. The fourth-order valence-electron chi connectivity index (χ4n) is 3.82. The van der Waals surface area contributed by atoms with E-state index in [0.717, 1.165) is 37.0 Å². The zero-order valence-corrected chi connectivity index (χ0v) is 17.3. The summed E-state index contributed by atoms with van der Waals surface area (Å²) < 4.78 is 39.5. The number of piperazine rings is 1. The molecule has 2 aromatic rings. The SMILES string of the molecule is Cc1ccccc1NC(=O)NCC[NH+]1CCN(c2cccc(C(F)(F)F)c2C)CC1. The first-order valence-corrected chi connectivity index (χ1v) is 10.1. The van der Waals surface area contributed by atoms with Crippen molar-refractivity contribution in [1.29, 1.82) is 0 Å². The standard InChI is InChI=1S/C22H27F3N4O/c1-16-6-3-4-8-19(16)27-21(30)26-10-11-28-12-14-29(15-13-28)20-9-5-7-18(17(20)2)22(23,24)25/h3-9H,10-15H2,1-2H3,(H2,26,27,30)/p+1. The van der Waals surface area contributed by atoms with Crippen molar-refractivity contribution in [1.82, 2.24) is 5.32 Å². The van der Waals surface area contributed by atoms with Gasteiger partial charge in [0.15, 0.2) is 0 Å². The van der Waals surface area contributed by atoms with Crippen LogP contribution in [0.1, 0.15) is 16.7 Å². The number of anilines is 2. The molecule has 1 saturated heterocycles. The van der Waals surface area contributed by atoms with Crippen molar-refractivity contribution in [3.8, 4) is 0 Å². The summed E-state index contributed by atoms with van der Waals surface area (Å²) in [6.07, 6.45) is -4.34. The van der Waals surface area contributed by atoms with Crippen molar-refractivity contribution in [3.63, 3.8) is 0 Å². The van der Waals surface area contributed by atoms with Gasteiger partial charge in [-0.1, -0.05) is 24.3 Å². The maximum atomic E-state index is 13.2. The number of nitrogens with zero attached hydrogens (tertiary/aromatic N) is 1. The second-order valence-corrected chi connectivity index (χ2v) is 7.63. The number of quaternary nitrogens is 1.